The molecule has 0 aliphatic carbocycles. The summed E-state index contributed by atoms with van der Waals surface area (Å²) in [4.78, 5) is 12.7. The topological polar surface area (TPSA) is 64.0 Å². The molecule has 0 saturated heterocycles. The second-order valence-corrected chi connectivity index (χ2v) is 8.18. The molecule has 1 aliphatic heterocycles. The fourth-order valence-electron chi connectivity index (χ4n) is 2.83. The number of fused-ring (bicyclic) bond motifs is 1. The number of halogens is 2. The van der Waals surface area contributed by atoms with E-state index in [1.165, 1.54) is 0 Å². The van der Waals surface area contributed by atoms with Crippen LogP contribution in [0.4, 0.5) is 5.82 Å². The van der Waals surface area contributed by atoms with Gasteiger partial charge in [0.2, 0.25) is 0 Å². The molecule has 0 radical (unpaired) electrons. The standard InChI is InChI=1S/C18H13Cl2N3O2S/c19-12-6-4-11(5-7-12)18(24)21-17-15-9-26(25)10-16(15)22-23(17)14-3-1-2-13(20)8-14/h1-8H,9-10H2,(H,21,24)/t26-/m0/s1. The SMILES string of the molecule is O=C(Nc1c2c(nn1-c1cccc(Cl)c1)C[S@@](=O)C2)c1ccc(Cl)cc1. The summed E-state index contributed by atoms with van der Waals surface area (Å²) < 4.78 is 13.6. The van der Waals surface area contributed by atoms with Crippen molar-refractivity contribution in [2.45, 2.75) is 11.5 Å². The van der Waals surface area contributed by atoms with Crippen LogP contribution in [0, 0.1) is 0 Å². The normalized spacial score (nSPS) is 15.7. The Hall–Kier alpha value is -2.15. The molecule has 0 fully saturated rings. The van der Waals surface area contributed by atoms with E-state index < -0.39 is 10.8 Å². The van der Waals surface area contributed by atoms with E-state index in [0.29, 0.717) is 32.9 Å². The quantitative estimate of drug-likeness (QED) is 0.710. The van der Waals surface area contributed by atoms with Gasteiger partial charge >= 0.3 is 0 Å². The smallest absolute Gasteiger partial charge is 0.256 e. The van der Waals surface area contributed by atoms with Crippen LogP contribution in [0.15, 0.2) is 48.5 Å². The lowest BCUT2D eigenvalue weighted by atomic mass is 10.2. The number of amides is 1. The van der Waals surface area contributed by atoms with Gasteiger partial charge in [-0.3, -0.25) is 9.00 Å². The van der Waals surface area contributed by atoms with Crippen molar-refractivity contribution in [3.8, 4) is 5.69 Å². The van der Waals surface area contributed by atoms with E-state index in [1.54, 1.807) is 41.1 Å². The van der Waals surface area contributed by atoms with Gasteiger partial charge in [0.05, 0.1) is 22.9 Å². The van der Waals surface area contributed by atoms with E-state index in [0.717, 1.165) is 16.9 Å². The molecule has 132 valence electrons. The average molecular weight is 406 g/mol. The van der Waals surface area contributed by atoms with Crippen molar-refractivity contribution in [2.24, 2.45) is 0 Å². The van der Waals surface area contributed by atoms with Gasteiger partial charge in [0, 0.05) is 32.0 Å². The van der Waals surface area contributed by atoms with Gasteiger partial charge in [0.15, 0.2) is 0 Å². The zero-order valence-electron chi connectivity index (χ0n) is 13.4. The van der Waals surface area contributed by atoms with Crippen LogP contribution in [0.25, 0.3) is 5.69 Å². The monoisotopic (exact) mass is 405 g/mol. The van der Waals surface area contributed by atoms with E-state index in [-0.39, 0.29) is 5.91 Å². The minimum Gasteiger partial charge on any atom is -0.306 e. The van der Waals surface area contributed by atoms with Crippen LogP contribution in [-0.2, 0) is 22.3 Å². The molecule has 1 N–H and O–H groups in total. The molecule has 2 aromatic carbocycles. The average Bonchev–Trinajstić information content (AvgIpc) is 3.12. The van der Waals surface area contributed by atoms with Gasteiger partial charge in [0.1, 0.15) is 5.82 Å². The molecule has 8 heteroatoms. The fourth-order valence-corrected chi connectivity index (χ4v) is 4.41. The van der Waals surface area contributed by atoms with Gasteiger partial charge < -0.3 is 5.32 Å². The molecule has 0 unspecified atom stereocenters. The van der Waals surface area contributed by atoms with E-state index in [4.69, 9.17) is 23.2 Å². The Morgan fingerprint density at radius 2 is 1.85 bits per heavy atom. The molecule has 1 aliphatic rings. The second kappa shape index (κ2) is 6.87. The highest BCUT2D eigenvalue weighted by atomic mass is 35.5. The van der Waals surface area contributed by atoms with Gasteiger partial charge in [0.25, 0.3) is 5.91 Å². The number of hydrogen-bond acceptors (Lipinski definition) is 3. The highest BCUT2D eigenvalue weighted by Crippen LogP contribution is 2.32. The minimum atomic E-state index is -1.00. The fraction of sp³-hybridized carbons (Fsp3) is 0.111. The maximum absolute atomic E-state index is 12.7. The van der Waals surface area contributed by atoms with Crippen molar-refractivity contribution in [1.82, 2.24) is 9.78 Å². The highest BCUT2D eigenvalue weighted by molar-refractivity contribution is 7.83. The zero-order valence-corrected chi connectivity index (χ0v) is 15.7. The van der Waals surface area contributed by atoms with Crippen molar-refractivity contribution < 1.29 is 9.00 Å². The molecule has 5 nitrogen and oxygen atoms in total. The Labute approximate surface area is 162 Å². The Kier molecular flexibility index (Phi) is 4.56. The van der Waals surface area contributed by atoms with E-state index in [2.05, 4.69) is 10.4 Å². The van der Waals surface area contributed by atoms with Crippen LogP contribution in [-0.4, -0.2) is 19.9 Å². The molecule has 1 amide bonds. The number of anilines is 1. The predicted octanol–water partition coefficient (Wildman–Crippen LogP) is 4.19. The van der Waals surface area contributed by atoms with Crippen LogP contribution in [0.5, 0.6) is 0 Å². The van der Waals surface area contributed by atoms with Crippen molar-refractivity contribution in [1.29, 1.82) is 0 Å². The number of nitrogens with zero attached hydrogens (tertiary/aromatic N) is 2. The first-order valence-corrected chi connectivity index (χ1v) is 10.0. The summed E-state index contributed by atoms with van der Waals surface area (Å²) in [6.45, 7) is 0. The molecule has 0 saturated carbocycles. The van der Waals surface area contributed by atoms with E-state index in [9.17, 15) is 9.00 Å². The summed E-state index contributed by atoms with van der Waals surface area (Å²) in [6, 6.07) is 13.8. The van der Waals surface area contributed by atoms with Gasteiger partial charge in [-0.05, 0) is 42.5 Å². The zero-order chi connectivity index (χ0) is 18.3. The lowest BCUT2D eigenvalue weighted by Crippen LogP contribution is -2.16. The second-order valence-electron chi connectivity index (χ2n) is 5.86. The van der Waals surface area contributed by atoms with Gasteiger partial charge in [-0.15, -0.1) is 0 Å². The first-order valence-electron chi connectivity index (χ1n) is 7.80. The third-order valence-corrected chi connectivity index (χ3v) is 5.75. The Bertz CT molecular complexity index is 1030. The number of carbonyl (C=O) groups excluding carboxylic acids is 1. The molecule has 0 spiro atoms. The summed E-state index contributed by atoms with van der Waals surface area (Å²) in [5, 5.41) is 8.57. The number of aromatic nitrogens is 2. The van der Waals surface area contributed by atoms with Crippen molar-refractivity contribution in [3.05, 3.63) is 75.4 Å². The van der Waals surface area contributed by atoms with Gasteiger partial charge in [-0.2, -0.15) is 5.10 Å². The summed E-state index contributed by atoms with van der Waals surface area (Å²) >= 11 is 12.0. The Morgan fingerprint density at radius 1 is 1.08 bits per heavy atom. The van der Waals surface area contributed by atoms with Crippen LogP contribution >= 0.6 is 23.2 Å². The third kappa shape index (κ3) is 3.28. The number of rotatable bonds is 3. The van der Waals surface area contributed by atoms with Crippen LogP contribution < -0.4 is 5.32 Å². The molecule has 1 atom stereocenters. The molecule has 26 heavy (non-hydrogen) atoms. The number of carbonyl (C=O) groups is 1. The van der Waals surface area contributed by atoms with E-state index >= 15 is 0 Å². The van der Waals surface area contributed by atoms with Gasteiger partial charge in [-0.25, -0.2) is 4.68 Å². The first kappa shape index (κ1) is 17.3. The summed E-state index contributed by atoms with van der Waals surface area (Å²) in [5.74, 6) is 0.983. The van der Waals surface area contributed by atoms with Crippen molar-refractivity contribution >= 4 is 45.7 Å². The third-order valence-electron chi connectivity index (χ3n) is 4.06. The highest BCUT2D eigenvalue weighted by Gasteiger charge is 2.28. The number of nitrogens with one attached hydrogen (secondary N) is 1. The van der Waals surface area contributed by atoms with Crippen molar-refractivity contribution in [3.63, 3.8) is 0 Å². The van der Waals surface area contributed by atoms with Crippen LogP contribution in [0.3, 0.4) is 0 Å². The molecule has 0 bridgehead atoms. The largest absolute Gasteiger partial charge is 0.306 e. The maximum atomic E-state index is 12.7. The Balaban J connectivity index is 1.75. The maximum Gasteiger partial charge on any atom is 0.256 e. The molecule has 3 aromatic rings. The summed E-state index contributed by atoms with van der Waals surface area (Å²) in [5.41, 5.74) is 2.73. The first-order chi connectivity index (χ1) is 12.5. The molecule has 4 rings (SSSR count). The Morgan fingerprint density at radius 3 is 2.58 bits per heavy atom. The lowest BCUT2D eigenvalue weighted by Gasteiger charge is -2.11. The molecule has 1 aromatic heterocycles. The minimum absolute atomic E-state index is 0.287. The molecule has 2 heterocycles. The summed E-state index contributed by atoms with van der Waals surface area (Å²) in [7, 11) is -1.00. The molecular formula is C18H13Cl2N3O2S. The summed E-state index contributed by atoms with van der Waals surface area (Å²) in [6.07, 6.45) is 0. The van der Waals surface area contributed by atoms with Crippen LogP contribution in [0.1, 0.15) is 21.6 Å². The number of hydrogen-bond donors (Lipinski definition) is 1. The van der Waals surface area contributed by atoms with Gasteiger partial charge in [-0.1, -0.05) is 29.3 Å². The number of benzene rings is 2. The predicted molar refractivity (Wildman–Crippen MR) is 104 cm³/mol. The van der Waals surface area contributed by atoms with E-state index in [1.807, 2.05) is 12.1 Å². The van der Waals surface area contributed by atoms with Crippen molar-refractivity contribution in [2.75, 3.05) is 5.32 Å². The molecular weight excluding hydrogens is 393 g/mol. The lowest BCUT2D eigenvalue weighted by molar-refractivity contribution is 0.102. The van der Waals surface area contributed by atoms with Crippen LogP contribution in [0.2, 0.25) is 10.0 Å².